The Labute approximate surface area is 105 Å². The molecule has 18 heavy (non-hydrogen) atoms. The second-order valence-electron chi connectivity index (χ2n) is 3.43. The van der Waals surface area contributed by atoms with E-state index in [0.29, 0.717) is 5.56 Å². The van der Waals surface area contributed by atoms with E-state index in [1.165, 1.54) is 4.90 Å². The number of hydrogen-bond donors (Lipinski definition) is 0. The third-order valence-corrected chi connectivity index (χ3v) is 2.24. The van der Waals surface area contributed by atoms with E-state index in [9.17, 15) is 9.70 Å². The molecule has 0 aliphatic carbocycles. The minimum Gasteiger partial charge on any atom is -0.450 e. The van der Waals surface area contributed by atoms with Gasteiger partial charge >= 0.3 is 6.09 Å². The fourth-order valence-corrected chi connectivity index (χ4v) is 1.42. The smallest absolute Gasteiger partial charge is 0.410 e. The maximum atomic E-state index is 11.6. The average Bonchev–Trinajstić information content (AvgIpc) is 2.39. The SMILES string of the molecule is CCOC(=O)N(CC#N)Cc1ccccc1N=O. The molecule has 0 saturated carbocycles. The van der Waals surface area contributed by atoms with Gasteiger partial charge in [0.1, 0.15) is 12.2 Å². The van der Waals surface area contributed by atoms with Crippen LogP contribution in [-0.2, 0) is 11.3 Å². The first-order chi connectivity index (χ1) is 8.72. The molecule has 0 fully saturated rings. The van der Waals surface area contributed by atoms with Gasteiger partial charge in [0, 0.05) is 5.56 Å². The maximum Gasteiger partial charge on any atom is 0.410 e. The molecule has 0 heterocycles. The molecular formula is C12H13N3O3. The van der Waals surface area contributed by atoms with E-state index < -0.39 is 6.09 Å². The molecule has 0 bridgehead atoms. The first-order valence-corrected chi connectivity index (χ1v) is 5.42. The Morgan fingerprint density at radius 3 is 2.83 bits per heavy atom. The van der Waals surface area contributed by atoms with Gasteiger partial charge in [-0.05, 0) is 18.2 Å². The molecule has 0 spiro atoms. The maximum absolute atomic E-state index is 11.6. The Bertz CT molecular complexity index is 468. The minimum atomic E-state index is -0.584. The highest BCUT2D eigenvalue weighted by molar-refractivity contribution is 5.68. The highest BCUT2D eigenvalue weighted by Crippen LogP contribution is 2.20. The average molecular weight is 247 g/mol. The van der Waals surface area contributed by atoms with E-state index in [0.717, 1.165) is 0 Å². The van der Waals surface area contributed by atoms with Crippen LogP contribution in [0.5, 0.6) is 0 Å². The van der Waals surface area contributed by atoms with E-state index in [1.54, 1.807) is 31.2 Å². The lowest BCUT2D eigenvalue weighted by Crippen LogP contribution is -2.31. The Morgan fingerprint density at radius 1 is 1.50 bits per heavy atom. The van der Waals surface area contributed by atoms with Crippen molar-refractivity contribution in [2.24, 2.45) is 5.18 Å². The molecule has 0 saturated heterocycles. The molecule has 0 aliphatic heterocycles. The van der Waals surface area contributed by atoms with Gasteiger partial charge in [-0.3, -0.25) is 4.90 Å². The lowest BCUT2D eigenvalue weighted by atomic mass is 10.2. The summed E-state index contributed by atoms with van der Waals surface area (Å²) < 4.78 is 4.83. The molecule has 0 atom stereocenters. The predicted molar refractivity (Wildman–Crippen MR) is 64.9 cm³/mol. The van der Waals surface area contributed by atoms with Crippen LogP contribution in [0.3, 0.4) is 0 Å². The van der Waals surface area contributed by atoms with Crippen molar-refractivity contribution in [3.63, 3.8) is 0 Å². The number of nitriles is 1. The summed E-state index contributed by atoms with van der Waals surface area (Å²) in [5.41, 5.74) is 0.834. The molecule has 0 aromatic heterocycles. The summed E-state index contributed by atoms with van der Waals surface area (Å²) in [6.07, 6.45) is -0.584. The van der Waals surface area contributed by atoms with Crippen LogP contribution >= 0.6 is 0 Å². The second kappa shape index (κ2) is 7.01. The van der Waals surface area contributed by atoms with Crippen molar-refractivity contribution >= 4 is 11.8 Å². The summed E-state index contributed by atoms with van der Waals surface area (Å²) in [6.45, 7) is 1.93. The van der Waals surface area contributed by atoms with E-state index in [1.807, 2.05) is 6.07 Å². The van der Waals surface area contributed by atoms with Gasteiger partial charge in [0.05, 0.1) is 19.2 Å². The van der Waals surface area contributed by atoms with Crippen molar-refractivity contribution in [2.45, 2.75) is 13.5 Å². The van der Waals surface area contributed by atoms with Crippen LogP contribution in [0.4, 0.5) is 10.5 Å². The molecule has 1 aromatic rings. The standard InChI is InChI=1S/C12H13N3O3/c1-2-18-12(16)15(8-7-13)9-10-5-3-4-6-11(10)14-17/h3-6H,2,8-9H2,1H3. The quantitative estimate of drug-likeness (QED) is 0.591. The number of ether oxygens (including phenoxy) is 1. The Balaban J connectivity index is 2.86. The summed E-state index contributed by atoms with van der Waals surface area (Å²) in [5, 5.41) is 11.6. The van der Waals surface area contributed by atoms with Crippen molar-refractivity contribution in [3.05, 3.63) is 34.7 Å². The zero-order chi connectivity index (χ0) is 13.4. The normalized spacial score (nSPS) is 9.33. The van der Waals surface area contributed by atoms with E-state index in [2.05, 4.69) is 5.18 Å². The van der Waals surface area contributed by atoms with Gasteiger partial charge in [0.25, 0.3) is 0 Å². The number of carbonyl (C=O) groups is 1. The van der Waals surface area contributed by atoms with Crippen LogP contribution in [0.2, 0.25) is 0 Å². The first-order valence-electron chi connectivity index (χ1n) is 5.42. The monoisotopic (exact) mass is 247 g/mol. The number of nitrogens with zero attached hydrogens (tertiary/aromatic N) is 3. The Kier molecular flexibility index (Phi) is 5.32. The molecule has 6 heteroatoms. The van der Waals surface area contributed by atoms with E-state index >= 15 is 0 Å². The summed E-state index contributed by atoms with van der Waals surface area (Å²) in [7, 11) is 0. The molecular weight excluding hydrogens is 234 g/mol. The lowest BCUT2D eigenvalue weighted by molar-refractivity contribution is 0.109. The number of rotatable bonds is 5. The van der Waals surface area contributed by atoms with Gasteiger partial charge in [-0.15, -0.1) is 4.91 Å². The number of nitroso groups, excluding NO2 is 1. The first kappa shape index (κ1) is 13.6. The topological polar surface area (TPSA) is 82.8 Å². The number of amides is 1. The van der Waals surface area contributed by atoms with E-state index in [4.69, 9.17) is 10.00 Å². The van der Waals surface area contributed by atoms with Crippen molar-refractivity contribution in [3.8, 4) is 6.07 Å². The third kappa shape index (κ3) is 3.56. The molecule has 0 radical (unpaired) electrons. The van der Waals surface area contributed by atoms with Crippen molar-refractivity contribution in [1.29, 1.82) is 5.26 Å². The summed E-state index contributed by atoms with van der Waals surface area (Å²) >= 11 is 0. The fraction of sp³-hybridized carbons (Fsp3) is 0.333. The summed E-state index contributed by atoms with van der Waals surface area (Å²) in [6, 6.07) is 8.53. The third-order valence-electron chi connectivity index (χ3n) is 2.24. The molecule has 94 valence electrons. The zero-order valence-electron chi connectivity index (χ0n) is 10.00. The van der Waals surface area contributed by atoms with E-state index in [-0.39, 0.29) is 25.4 Å². The van der Waals surface area contributed by atoms with Crippen LogP contribution in [0, 0.1) is 16.2 Å². The van der Waals surface area contributed by atoms with Crippen molar-refractivity contribution in [2.75, 3.05) is 13.2 Å². The van der Waals surface area contributed by atoms with Gasteiger partial charge in [-0.2, -0.15) is 5.26 Å². The minimum absolute atomic E-state index is 0.105. The van der Waals surface area contributed by atoms with Gasteiger partial charge in [0.15, 0.2) is 0 Å². The highest BCUT2D eigenvalue weighted by Gasteiger charge is 2.16. The molecule has 6 nitrogen and oxygen atoms in total. The van der Waals surface area contributed by atoms with Gasteiger partial charge < -0.3 is 4.74 Å². The van der Waals surface area contributed by atoms with Gasteiger partial charge in [-0.1, -0.05) is 18.2 Å². The van der Waals surface area contributed by atoms with Crippen LogP contribution < -0.4 is 0 Å². The van der Waals surface area contributed by atoms with Gasteiger partial charge in [-0.25, -0.2) is 4.79 Å². The molecule has 0 unspecified atom stereocenters. The molecule has 1 aromatic carbocycles. The van der Waals surface area contributed by atoms with Crippen LogP contribution in [0.15, 0.2) is 29.4 Å². The lowest BCUT2D eigenvalue weighted by Gasteiger charge is -2.19. The fourth-order valence-electron chi connectivity index (χ4n) is 1.42. The summed E-state index contributed by atoms with van der Waals surface area (Å²) in [5.74, 6) is 0. The molecule has 0 N–H and O–H groups in total. The van der Waals surface area contributed by atoms with Crippen LogP contribution in [-0.4, -0.2) is 24.1 Å². The number of hydrogen-bond acceptors (Lipinski definition) is 5. The second-order valence-corrected chi connectivity index (χ2v) is 3.43. The zero-order valence-corrected chi connectivity index (χ0v) is 10.00. The molecule has 1 amide bonds. The number of carbonyl (C=O) groups excluding carboxylic acids is 1. The predicted octanol–water partition coefficient (Wildman–Crippen LogP) is 2.57. The highest BCUT2D eigenvalue weighted by atomic mass is 16.6. The molecule has 1 rings (SSSR count). The van der Waals surface area contributed by atoms with Crippen molar-refractivity contribution in [1.82, 2.24) is 4.90 Å². The van der Waals surface area contributed by atoms with Gasteiger partial charge in [0.2, 0.25) is 0 Å². The largest absolute Gasteiger partial charge is 0.450 e. The van der Waals surface area contributed by atoms with Crippen LogP contribution in [0.1, 0.15) is 12.5 Å². The van der Waals surface area contributed by atoms with Crippen LogP contribution in [0.25, 0.3) is 0 Å². The Hall–Kier alpha value is -2.42. The Morgan fingerprint density at radius 2 is 2.22 bits per heavy atom. The number of benzene rings is 1. The molecule has 0 aliphatic rings. The van der Waals surface area contributed by atoms with Crippen molar-refractivity contribution < 1.29 is 9.53 Å². The summed E-state index contributed by atoms with van der Waals surface area (Å²) in [4.78, 5) is 23.4.